The number of hydrogen-bond acceptors (Lipinski definition) is 5. The van der Waals surface area contributed by atoms with Crippen LogP contribution in [0.25, 0.3) is 21.8 Å². The van der Waals surface area contributed by atoms with Gasteiger partial charge >= 0.3 is 6.36 Å². The van der Waals surface area contributed by atoms with Crippen LogP contribution in [0.5, 0.6) is 5.75 Å². The Hall–Kier alpha value is -4.32. The van der Waals surface area contributed by atoms with Crippen LogP contribution in [0.1, 0.15) is 31.5 Å². The van der Waals surface area contributed by atoms with E-state index in [0.717, 1.165) is 47.7 Å². The minimum absolute atomic E-state index is 0.00518. The van der Waals surface area contributed by atoms with Gasteiger partial charge in [0.15, 0.2) is 0 Å². The first-order valence-electron chi connectivity index (χ1n) is 14.5. The average Bonchev–Trinajstić information content (AvgIpc) is 3.78. The van der Waals surface area contributed by atoms with Gasteiger partial charge in [0.05, 0.1) is 5.52 Å². The Kier molecular flexibility index (Phi) is 8.35. The molecule has 0 radical (unpaired) electrons. The lowest BCUT2D eigenvalue weighted by molar-refractivity contribution is -0.274. The third-order valence-corrected chi connectivity index (χ3v) is 8.49. The molecule has 44 heavy (non-hydrogen) atoms. The van der Waals surface area contributed by atoms with E-state index >= 15 is 0 Å². The monoisotopic (exact) mass is 627 g/mol. The van der Waals surface area contributed by atoms with E-state index in [-0.39, 0.29) is 11.7 Å². The first-order chi connectivity index (χ1) is 21.1. The third kappa shape index (κ3) is 6.59. The van der Waals surface area contributed by atoms with Crippen LogP contribution >= 0.6 is 11.6 Å². The number of rotatable bonds is 4. The molecule has 0 atom stereocenters. The maximum Gasteiger partial charge on any atom is 0.573 e. The number of aromatic amines is 3. The second-order valence-corrected chi connectivity index (χ2v) is 11.5. The number of fused-ring (bicyclic) bond motifs is 2. The molecule has 3 N–H and O–H groups in total. The molecule has 2 fully saturated rings. The molecule has 2 saturated heterocycles. The van der Waals surface area contributed by atoms with Gasteiger partial charge in [0, 0.05) is 122 Å². The molecule has 2 aliphatic heterocycles. The number of piperazine rings is 1. The maximum atomic E-state index is 12.5. The highest BCUT2D eigenvalue weighted by Crippen LogP contribution is 2.36. The quantitative estimate of drug-likeness (QED) is 0.207. The summed E-state index contributed by atoms with van der Waals surface area (Å²) >= 11 is 6.25. The minimum Gasteiger partial charge on any atom is -0.406 e. The number of alkyl halides is 3. The summed E-state index contributed by atoms with van der Waals surface area (Å²) in [7, 11) is 0. The van der Waals surface area contributed by atoms with Gasteiger partial charge in [0.2, 0.25) is 5.91 Å². The predicted molar refractivity (Wildman–Crippen MR) is 166 cm³/mol. The van der Waals surface area contributed by atoms with Crippen molar-refractivity contribution in [2.75, 3.05) is 49.1 Å². The number of carbonyl (C=O) groups excluding carboxylic acids is 1. The molecule has 2 aromatic carbocycles. The molecule has 9 nitrogen and oxygen atoms in total. The molecular formula is C31H33ClF3N7O2. The zero-order valence-electron chi connectivity index (χ0n) is 24.1. The third-order valence-electron chi connectivity index (χ3n) is 8.27. The number of nitrogens with one attached hydrogen (secondary N) is 3. The van der Waals surface area contributed by atoms with Gasteiger partial charge in [-0.2, -0.15) is 0 Å². The van der Waals surface area contributed by atoms with Gasteiger partial charge in [-0.1, -0.05) is 11.6 Å². The van der Waals surface area contributed by atoms with Gasteiger partial charge in [0.25, 0.3) is 0 Å². The van der Waals surface area contributed by atoms with E-state index in [1.165, 1.54) is 30.1 Å². The highest BCUT2D eigenvalue weighted by molar-refractivity contribution is 6.31. The van der Waals surface area contributed by atoms with Crippen molar-refractivity contribution in [2.45, 2.75) is 32.0 Å². The van der Waals surface area contributed by atoms with Crippen molar-refractivity contribution >= 4 is 50.7 Å². The zero-order valence-corrected chi connectivity index (χ0v) is 24.9. The van der Waals surface area contributed by atoms with Crippen LogP contribution in [0, 0.1) is 0 Å². The van der Waals surface area contributed by atoms with Crippen molar-refractivity contribution in [1.82, 2.24) is 24.8 Å². The summed E-state index contributed by atoms with van der Waals surface area (Å²) in [6.07, 6.45) is 4.89. The van der Waals surface area contributed by atoms with Crippen LogP contribution in [0.3, 0.4) is 0 Å². The van der Waals surface area contributed by atoms with Gasteiger partial charge in [-0.15, -0.1) is 13.2 Å². The summed E-state index contributed by atoms with van der Waals surface area (Å²) < 4.78 is 41.5. The van der Waals surface area contributed by atoms with Gasteiger partial charge in [0.1, 0.15) is 11.6 Å². The van der Waals surface area contributed by atoms with E-state index in [4.69, 9.17) is 11.6 Å². The number of ether oxygens (including phenoxy) is 1. The predicted octanol–water partition coefficient (Wildman–Crippen LogP) is 6.66. The largest absolute Gasteiger partial charge is 0.573 e. The Balaban J connectivity index is 0.000000156. The van der Waals surface area contributed by atoms with Gasteiger partial charge in [-0.3, -0.25) is 4.79 Å². The molecule has 2 aliphatic rings. The van der Waals surface area contributed by atoms with E-state index in [1.807, 2.05) is 35.6 Å². The van der Waals surface area contributed by atoms with Gasteiger partial charge < -0.3 is 34.4 Å². The van der Waals surface area contributed by atoms with Crippen molar-refractivity contribution < 1.29 is 22.7 Å². The molecule has 0 spiro atoms. The Morgan fingerprint density at radius 1 is 0.864 bits per heavy atom. The minimum atomic E-state index is -4.73. The summed E-state index contributed by atoms with van der Waals surface area (Å²) in [5.74, 6) is 1.41. The first kappa shape index (κ1) is 29.7. The number of carbonyl (C=O) groups is 1. The van der Waals surface area contributed by atoms with Crippen molar-refractivity contribution in [1.29, 1.82) is 0 Å². The SMILES string of the molecule is CC(=O)N1CCN(c2cc(OC(F)(F)F)cc3[nH]ccc23)CC1.Clc1cc(N2CCC(c3ncc[nH]3)CC2)c2cc[nH]c2c1. The molecule has 5 aromatic rings. The molecule has 0 unspecified atom stereocenters. The van der Waals surface area contributed by atoms with Crippen LogP contribution in [-0.4, -0.2) is 76.4 Å². The molecular weight excluding hydrogens is 595 g/mol. The Bertz CT molecular complexity index is 1720. The number of halogens is 4. The maximum absolute atomic E-state index is 12.5. The zero-order chi connectivity index (χ0) is 30.8. The molecule has 3 aromatic heterocycles. The fourth-order valence-corrected chi connectivity index (χ4v) is 6.32. The number of H-pyrrole nitrogens is 3. The number of imidazole rings is 1. The van der Waals surface area contributed by atoms with E-state index in [1.54, 1.807) is 11.1 Å². The van der Waals surface area contributed by atoms with Crippen molar-refractivity contribution in [3.63, 3.8) is 0 Å². The first-order valence-corrected chi connectivity index (χ1v) is 14.9. The Morgan fingerprint density at radius 3 is 2.07 bits per heavy atom. The lowest BCUT2D eigenvalue weighted by Gasteiger charge is -2.36. The lowest BCUT2D eigenvalue weighted by atomic mass is 9.95. The normalized spacial score (nSPS) is 16.3. The standard InChI is InChI=1S/C16H17ClN4.C15H16F3N3O2/c17-12-9-14-13(1-4-18-14)15(10-12)21-7-2-11(3-8-21)16-19-5-6-20-16;1-10(22)20-4-6-21(7-5-20)14-9-11(23-15(16,17)18)8-13-12(14)2-3-19-13/h1,4-6,9-11,18H,2-3,7-8H2,(H,19,20);2-3,8-9,19H,4-7H2,1H3. The number of nitrogens with zero attached hydrogens (tertiary/aromatic N) is 4. The molecule has 1 amide bonds. The van der Waals surface area contributed by atoms with Crippen molar-refractivity contribution in [2.24, 2.45) is 0 Å². The van der Waals surface area contributed by atoms with Crippen molar-refractivity contribution in [3.8, 4) is 5.75 Å². The van der Waals surface area contributed by atoms with Crippen LogP contribution in [0.2, 0.25) is 5.02 Å². The van der Waals surface area contributed by atoms with Gasteiger partial charge in [-0.25, -0.2) is 4.98 Å². The fraction of sp³-hybridized carbons (Fsp3) is 0.355. The molecule has 13 heteroatoms. The number of amides is 1. The lowest BCUT2D eigenvalue weighted by Crippen LogP contribution is -2.48. The molecule has 0 saturated carbocycles. The number of anilines is 2. The number of piperidine rings is 1. The summed E-state index contributed by atoms with van der Waals surface area (Å²) in [5, 5.41) is 2.86. The topological polar surface area (TPSA) is 96.3 Å². The molecule has 232 valence electrons. The summed E-state index contributed by atoms with van der Waals surface area (Å²) in [6, 6.07) is 10.7. The Morgan fingerprint density at radius 2 is 1.48 bits per heavy atom. The summed E-state index contributed by atoms with van der Waals surface area (Å²) in [4.78, 5) is 31.3. The smallest absolute Gasteiger partial charge is 0.406 e. The molecule has 7 rings (SSSR count). The summed E-state index contributed by atoms with van der Waals surface area (Å²) in [6.45, 7) is 5.80. The van der Waals surface area contributed by atoms with Gasteiger partial charge in [-0.05, 0) is 37.1 Å². The van der Waals surface area contributed by atoms with E-state index in [0.29, 0.717) is 43.3 Å². The van der Waals surface area contributed by atoms with Crippen LogP contribution in [-0.2, 0) is 4.79 Å². The van der Waals surface area contributed by atoms with E-state index in [2.05, 4.69) is 41.7 Å². The molecule has 5 heterocycles. The van der Waals surface area contributed by atoms with Crippen molar-refractivity contribution in [3.05, 3.63) is 72.0 Å². The highest BCUT2D eigenvalue weighted by Gasteiger charge is 2.32. The Labute approximate surface area is 256 Å². The number of hydrogen-bond donors (Lipinski definition) is 3. The average molecular weight is 628 g/mol. The van der Waals surface area contributed by atoms with Crippen LogP contribution in [0.15, 0.2) is 61.2 Å². The summed E-state index contributed by atoms with van der Waals surface area (Å²) in [5.41, 5.74) is 3.59. The number of aromatic nitrogens is 4. The molecule has 0 aliphatic carbocycles. The second-order valence-electron chi connectivity index (χ2n) is 11.0. The van der Waals surface area contributed by atoms with Crippen LogP contribution in [0.4, 0.5) is 24.5 Å². The fourth-order valence-electron chi connectivity index (χ4n) is 6.11. The van der Waals surface area contributed by atoms with E-state index in [9.17, 15) is 18.0 Å². The number of benzene rings is 2. The molecule has 0 bridgehead atoms. The van der Waals surface area contributed by atoms with Crippen LogP contribution < -0.4 is 14.5 Å². The highest BCUT2D eigenvalue weighted by atomic mass is 35.5. The second kappa shape index (κ2) is 12.4. The van der Waals surface area contributed by atoms with E-state index < -0.39 is 6.36 Å².